The second-order valence-electron chi connectivity index (χ2n) is 5.12. The summed E-state index contributed by atoms with van der Waals surface area (Å²) in [5, 5.41) is 3.83. The predicted octanol–water partition coefficient (Wildman–Crippen LogP) is 3.75. The highest BCUT2D eigenvalue weighted by molar-refractivity contribution is 7.92. The van der Waals surface area contributed by atoms with Crippen molar-refractivity contribution >= 4 is 40.2 Å². The van der Waals surface area contributed by atoms with E-state index >= 15 is 0 Å². The molecule has 5 nitrogen and oxygen atoms in total. The predicted molar refractivity (Wildman–Crippen MR) is 87.0 cm³/mol. The minimum absolute atomic E-state index is 0.145. The number of ketones is 1. The fourth-order valence-corrected chi connectivity index (χ4v) is 3.92. The van der Waals surface area contributed by atoms with E-state index in [2.05, 4.69) is 5.16 Å². The van der Waals surface area contributed by atoms with Crippen LogP contribution in [-0.4, -0.2) is 27.8 Å². The van der Waals surface area contributed by atoms with E-state index in [0.717, 1.165) is 12.8 Å². The fourth-order valence-electron chi connectivity index (χ4n) is 2.39. The van der Waals surface area contributed by atoms with Gasteiger partial charge in [0.15, 0.2) is 16.7 Å². The van der Waals surface area contributed by atoms with Crippen molar-refractivity contribution < 1.29 is 18.6 Å². The zero-order chi connectivity index (χ0) is 16.6. The Hall–Kier alpha value is -1.21. The van der Waals surface area contributed by atoms with Crippen molar-refractivity contribution in [2.24, 2.45) is 0 Å². The smallest absolute Gasteiger partial charge is 0.215 e. The molecule has 1 aliphatic carbocycles. The van der Waals surface area contributed by atoms with Crippen LogP contribution in [0.5, 0.6) is 5.75 Å². The first kappa shape index (κ1) is 16.6. The summed E-state index contributed by atoms with van der Waals surface area (Å²) < 4.78 is 22.6. The van der Waals surface area contributed by atoms with Gasteiger partial charge in [-0.3, -0.25) is 4.79 Å². The lowest BCUT2D eigenvalue weighted by Crippen LogP contribution is -2.11. The second-order valence-corrected chi connectivity index (χ2v) is 7.50. The maximum absolute atomic E-state index is 12.9. The topological polar surface area (TPSA) is 75.4 Å². The van der Waals surface area contributed by atoms with Crippen molar-refractivity contribution in [1.82, 2.24) is 5.16 Å². The average Bonchev–Trinajstić information content (AvgIpc) is 3.29. The minimum atomic E-state index is -1.57. The summed E-state index contributed by atoms with van der Waals surface area (Å²) in [6.07, 6.45) is 3.37. The summed E-state index contributed by atoms with van der Waals surface area (Å²) in [5.41, 5.74) is 0.659. The molecular formula is C15H13Cl2NO4S. The quantitative estimate of drug-likeness (QED) is 0.437. The van der Waals surface area contributed by atoms with Gasteiger partial charge in [0, 0.05) is 17.1 Å². The van der Waals surface area contributed by atoms with Gasteiger partial charge in [-0.05, 0) is 25.0 Å². The van der Waals surface area contributed by atoms with Gasteiger partial charge in [-0.2, -0.15) is 0 Å². The molecule has 23 heavy (non-hydrogen) atoms. The number of benzene rings is 1. The van der Waals surface area contributed by atoms with Gasteiger partial charge in [-0.1, -0.05) is 28.4 Å². The van der Waals surface area contributed by atoms with Gasteiger partial charge in [0.1, 0.15) is 0 Å². The Morgan fingerprint density at radius 2 is 2.22 bits per heavy atom. The van der Waals surface area contributed by atoms with Crippen LogP contribution in [0, 0.1) is 0 Å². The molecule has 3 rings (SSSR count). The van der Waals surface area contributed by atoms with Crippen molar-refractivity contribution in [1.29, 1.82) is 0 Å². The average molecular weight is 374 g/mol. The Morgan fingerprint density at radius 1 is 1.48 bits per heavy atom. The fraction of sp³-hybridized carbons (Fsp3) is 0.333. The van der Waals surface area contributed by atoms with Gasteiger partial charge >= 0.3 is 0 Å². The van der Waals surface area contributed by atoms with Crippen LogP contribution in [0.1, 0.15) is 40.4 Å². The van der Waals surface area contributed by atoms with E-state index in [-0.39, 0.29) is 38.1 Å². The molecule has 1 atom stereocenters. The number of hydrogen-bond acceptors (Lipinski definition) is 5. The van der Waals surface area contributed by atoms with Crippen LogP contribution in [0.15, 0.2) is 27.7 Å². The molecule has 1 aromatic carbocycles. The summed E-state index contributed by atoms with van der Waals surface area (Å²) in [4.78, 5) is 13.1. The summed E-state index contributed by atoms with van der Waals surface area (Å²) in [6.45, 7) is 0. The van der Waals surface area contributed by atoms with Crippen LogP contribution < -0.4 is 4.74 Å². The third-order valence-electron chi connectivity index (χ3n) is 3.63. The number of halogens is 2. The number of rotatable bonds is 6. The van der Waals surface area contributed by atoms with Crippen LogP contribution >= 0.6 is 23.2 Å². The first-order valence-corrected chi connectivity index (χ1v) is 9.11. The third kappa shape index (κ3) is 3.08. The molecule has 1 saturated carbocycles. The number of carbonyl (C=O) groups excluding carboxylic acids is 1. The zero-order valence-electron chi connectivity index (χ0n) is 12.2. The zero-order valence-corrected chi connectivity index (χ0v) is 14.5. The lowest BCUT2D eigenvalue weighted by molar-refractivity contribution is 0.103. The summed E-state index contributed by atoms with van der Waals surface area (Å²) in [6, 6.07) is 3.06. The maximum Gasteiger partial charge on any atom is 0.215 e. The lowest BCUT2D eigenvalue weighted by Gasteiger charge is -2.15. The van der Waals surface area contributed by atoms with Crippen molar-refractivity contribution in [2.75, 3.05) is 12.3 Å². The van der Waals surface area contributed by atoms with E-state index in [1.807, 2.05) is 0 Å². The Balaban J connectivity index is 2.08. The maximum atomic E-state index is 12.9. The first-order chi connectivity index (χ1) is 11.1. The molecule has 0 bridgehead atoms. The van der Waals surface area contributed by atoms with Crippen LogP contribution in [0.25, 0.3) is 0 Å². The molecule has 1 fully saturated rings. The van der Waals surface area contributed by atoms with Crippen molar-refractivity contribution in [3.63, 3.8) is 0 Å². The number of ether oxygens (including phenoxy) is 1. The van der Waals surface area contributed by atoms with Crippen molar-refractivity contribution in [3.8, 4) is 5.75 Å². The normalized spacial score (nSPS) is 15.5. The Morgan fingerprint density at radius 3 is 2.83 bits per heavy atom. The van der Waals surface area contributed by atoms with Gasteiger partial charge in [-0.25, -0.2) is 0 Å². The largest absolute Gasteiger partial charge is 0.610 e. The molecule has 1 heterocycles. The van der Waals surface area contributed by atoms with E-state index in [0.29, 0.717) is 11.3 Å². The van der Waals surface area contributed by atoms with Gasteiger partial charge in [0.25, 0.3) is 0 Å². The molecule has 8 heteroatoms. The highest BCUT2D eigenvalue weighted by atomic mass is 35.5. The molecule has 122 valence electrons. The highest BCUT2D eigenvalue weighted by Gasteiger charge is 2.34. The molecule has 1 unspecified atom stereocenters. The van der Waals surface area contributed by atoms with Crippen molar-refractivity contribution in [3.05, 3.63) is 40.2 Å². The highest BCUT2D eigenvalue weighted by Crippen LogP contribution is 2.43. The second kappa shape index (κ2) is 6.73. The number of methoxy groups -OCH3 is 1. The van der Waals surface area contributed by atoms with E-state index in [9.17, 15) is 9.35 Å². The molecule has 0 N–H and O–H groups in total. The minimum Gasteiger partial charge on any atom is -0.610 e. The van der Waals surface area contributed by atoms with E-state index in [4.69, 9.17) is 32.5 Å². The molecule has 2 aromatic rings. The SMILES string of the molecule is COc1c(C(=O)c2cnoc2C2CC2)ccc(Cl)c1[S+]([O-])CCl. The molecule has 0 aliphatic heterocycles. The van der Waals surface area contributed by atoms with E-state index < -0.39 is 11.2 Å². The molecule has 0 amide bonds. The Labute approximate surface area is 146 Å². The standard InChI is InChI=1S/C15H13Cl2NO4S/c1-21-14-9(4-5-11(17)15(14)23(20)7-16)12(19)10-6-18-22-13(10)8-2-3-8/h4-6,8H,2-3,7H2,1H3. The Kier molecular flexibility index (Phi) is 4.87. The molecule has 0 saturated heterocycles. The molecule has 1 aliphatic rings. The summed E-state index contributed by atoms with van der Waals surface area (Å²) >= 11 is 10.2. The number of hydrogen-bond donors (Lipinski definition) is 0. The summed E-state index contributed by atoms with van der Waals surface area (Å²) in [5.74, 6) is 0.706. The van der Waals surface area contributed by atoms with Crippen molar-refractivity contribution in [2.45, 2.75) is 23.7 Å². The van der Waals surface area contributed by atoms with Crippen LogP contribution in [0.3, 0.4) is 0 Å². The number of aromatic nitrogens is 1. The molecule has 0 radical (unpaired) electrons. The van der Waals surface area contributed by atoms with Gasteiger partial charge in [0.2, 0.25) is 10.7 Å². The summed E-state index contributed by atoms with van der Waals surface area (Å²) in [7, 11) is 1.40. The van der Waals surface area contributed by atoms with Crippen LogP contribution in [0.2, 0.25) is 5.02 Å². The molecule has 0 spiro atoms. The molecular weight excluding hydrogens is 361 g/mol. The van der Waals surface area contributed by atoms with Gasteiger partial charge in [-0.15, -0.1) is 0 Å². The first-order valence-electron chi connectivity index (χ1n) is 6.88. The van der Waals surface area contributed by atoms with E-state index in [1.54, 1.807) is 6.07 Å². The number of nitrogens with zero attached hydrogens (tertiary/aromatic N) is 1. The lowest BCUT2D eigenvalue weighted by atomic mass is 10.0. The van der Waals surface area contributed by atoms with Crippen LogP contribution in [0.4, 0.5) is 0 Å². The monoisotopic (exact) mass is 373 g/mol. The van der Waals surface area contributed by atoms with Gasteiger partial charge < -0.3 is 13.8 Å². The molecule has 1 aromatic heterocycles. The Bertz CT molecular complexity index is 745. The van der Waals surface area contributed by atoms with E-state index in [1.165, 1.54) is 19.4 Å². The third-order valence-corrected chi connectivity index (χ3v) is 5.71. The number of alkyl halides is 1. The van der Waals surface area contributed by atoms with Crippen LogP contribution in [-0.2, 0) is 11.2 Å². The van der Waals surface area contributed by atoms with Gasteiger partial charge in [0.05, 0.1) is 29.5 Å². The number of carbonyl (C=O) groups is 1.